The SMILES string of the molecule is CCOC(=O)C1(Nc2ccc(Cl)cc2)CSCCC1(C)C. The van der Waals surface area contributed by atoms with E-state index in [2.05, 4.69) is 19.2 Å². The first-order valence-electron chi connectivity index (χ1n) is 7.20. The number of rotatable bonds is 4. The van der Waals surface area contributed by atoms with Crippen molar-refractivity contribution in [3.05, 3.63) is 29.3 Å². The van der Waals surface area contributed by atoms with Crippen LogP contribution in [-0.4, -0.2) is 29.6 Å². The molecule has 1 aromatic rings. The number of hydrogen-bond donors (Lipinski definition) is 1. The highest BCUT2D eigenvalue weighted by Crippen LogP contribution is 2.45. The number of hydrogen-bond acceptors (Lipinski definition) is 4. The Balaban J connectivity index is 2.35. The number of nitrogens with one attached hydrogen (secondary N) is 1. The maximum Gasteiger partial charge on any atom is 0.333 e. The molecule has 0 saturated carbocycles. The molecule has 0 aliphatic carbocycles. The lowest BCUT2D eigenvalue weighted by atomic mass is 9.70. The van der Waals surface area contributed by atoms with Crippen LogP contribution in [-0.2, 0) is 9.53 Å². The molecule has 1 saturated heterocycles. The van der Waals surface area contributed by atoms with Crippen LogP contribution in [0.25, 0.3) is 0 Å². The van der Waals surface area contributed by atoms with Crippen LogP contribution in [0.2, 0.25) is 5.02 Å². The molecule has 1 aliphatic heterocycles. The second-order valence-corrected chi connectivity index (χ2v) is 7.49. The van der Waals surface area contributed by atoms with E-state index in [1.165, 1.54) is 0 Å². The molecule has 3 nitrogen and oxygen atoms in total. The van der Waals surface area contributed by atoms with Crippen molar-refractivity contribution in [1.29, 1.82) is 0 Å². The van der Waals surface area contributed by atoms with E-state index in [4.69, 9.17) is 16.3 Å². The predicted molar refractivity (Wildman–Crippen MR) is 90.2 cm³/mol. The molecule has 1 fully saturated rings. The molecular weight excluding hydrogens is 306 g/mol. The van der Waals surface area contributed by atoms with Crippen LogP contribution < -0.4 is 5.32 Å². The average Bonchev–Trinajstić information content (AvgIpc) is 2.43. The number of ether oxygens (including phenoxy) is 1. The van der Waals surface area contributed by atoms with Gasteiger partial charge in [-0.05, 0) is 43.4 Å². The smallest absolute Gasteiger partial charge is 0.333 e. The Hall–Kier alpha value is -0.870. The zero-order valence-electron chi connectivity index (χ0n) is 12.7. The maximum atomic E-state index is 12.7. The van der Waals surface area contributed by atoms with Crippen LogP contribution in [0.1, 0.15) is 27.2 Å². The van der Waals surface area contributed by atoms with Crippen molar-refractivity contribution in [2.75, 3.05) is 23.4 Å². The molecule has 0 aromatic heterocycles. The number of benzene rings is 1. The van der Waals surface area contributed by atoms with E-state index in [1.807, 2.05) is 31.2 Å². The van der Waals surface area contributed by atoms with Gasteiger partial charge in [-0.25, -0.2) is 4.79 Å². The minimum Gasteiger partial charge on any atom is -0.464 e. The third-order valence-electron chi connectivity index (χ3n) is 4.17. The first-order chi connectivity index (χ1) is 9.91. The molecule has 5 heteroatoms. The summed E-state index contributed by atoms with van der Waals surface area (Å²) in [4.78, 5) is 12.7. The van der Waals surface area contributed by atoms with E-state index in [0.717, 1.165) is 17.9 Å². The van der Waals surface area contributed by atoms with Crippen LogP contribution in [0.4, 0.5) is 5.69 Å². The Labute approximate surface area is 135 Å². The lowest BCUT2D eigenvalue weighted by Crippen LogP contribution is -2.62. The van der Waals surface area contributed by atoms with Crippen molar-refractivity contribution in [1.82, 2.24) is 0 Å². The van der Waals surface area contributed by atoms with Crippen molar-refractivity contribution in [3.63, 3.8) is 0 Å². The Bertz CT molecular complexity index is 504. The van der Waals surface area contributed by atoms with E-state index in [-0.39, 0.29) is 11.4 Å². The average molecular weight is 328 g/mol. The van der Waals surface area contributed by atoms with Gasteiger partial charge in [0.25, 0.3) is 0 Å². The normalized spacial score (nSPS) is 24.4. The summed E-state index contributed by atoms with van der Waals surface area (Å²) >= 11 is 7.73. The van der Waals surface area contributed by atoms with Crippen LogP contribution >= 0.6 is 23.4 Å². The molecule has 0 amide bonds. The molecule has 0 radical (unpaired) electrons. The van der Waals surface area contributed by atoms with E-state index in [1.54, 1.807) is 11.8 Å². The summed E-state index contributed by atoms with van der Waals surface area (Å²) in [6, 6.07) is 7.45. The summed E-state index contributed by atoms with van der Waals surface area (Å²) in [6.45, 7) is 6.50. The van der Waals surface area contributed by atoms with Gasteiger partial charge in [-0.3, -0.25) is 0 Å². The van der Waals surface area contributed by atoms with Crippen LogP contribution in [0.15, 0.2) is 24.3 Å². The highest BCUT2D eigenvalue weighted by atomic mass is 35.5. The molecule has 21 heavy (non-hydrogen) atoms. The van der Waals surface area contributed by atoms with E-state index < -0.39 is 5.54 Å². The molecule has 116 valence electrons. The fraction of sp³-hybridized carbons (Fsp3) is 0.562. The minimum absolute atomic E-state index is 0.169. The monoisotopic (exact) mass is 327 g/mol. The van der Waals surface area contributed by atoms with Gasteiger partial charge in [-0.15, -0.1) is 0 Å². The van der Waals surface area contributed by atoms with Crippen molar-refractivity contribution in [2.24, 2.45) is 5.41 Å². The first kappa shape index (κ1) is 16.5. The van der Waals surface area contributed by atoms with Gasteiger partial charge >= 0.3 is 5.97 Å². The Morgan fingerprint density at radius 2 is 2.05 bits per heavy atom. The zero-order valence-corrected chi connectivity index (χ0v) is 14.3. The number of halogens is 1. The van der Waals surface area contributed by atoms with Crippen molar-refractivity contribution in [2.45, 2.75) is 32.7 Å². The number of thioether (sulfide) groups is 1. The summed E-state index contributed by atoms with van der Waals surface area (Å²) in [6.07, 6.45) is 0.969. The maximum absolute atomic E-state index is 12.7. The van der Waals surface area contributed by atoms with Crippen molar-refractivity contribution >= 4 is 35.0 Å². The van der Waals surface area contributed by atoms with E-state index in [9.17, 15) is 4.79 Å². The molecule has 0 spiro atoms. The third-order valence-corrected chi connectivity index (χ3v) is 5.55. The van der Waals surface area contributed by atoms with Gasteiger partial charge in [-0.1, -0.05) is 25.4 Å². The largest absolute Gasteiger partial charge is 0.464 e. The fourth-order valence-electron chi connectivity index (χ4n) is 2.59. The lowest BCUT2D eigenvalue weighted by Gasteiger charge is -2.48. The van der Waals surface area contributed by atoms with Crippen LogP contribution in [0.3, 0.4) is 0 Å². The number of anilines is 1. The van der Waals surface area contributed by atoms with Gasteiger partial charge in [0.05, 0.1) is 6.61 Å². The molecule has 0 bridgehead atoms. The van der Waals surface area contributed by atoms with Crippen LogP contribution in [0, 0.1) is 5.41 Å². The second kappa shape index (κ2) is 6.49. The topological polar surface area (TPSA) is 38.3 Å². The van der Waals surface area contributed by atoms with E-state index in [0.29, 0.717) is 17.4 Å². The summed E-state index contributed by atoms with van der Waals surface area (Å²) in [5.41, 5.74) is 0.00667. The highest BCUT2D eigenvalue weighted by molar-refractivity contribution is 7.99. The predicted octanol–water partition coefficient (Wildman–Crippen LogP) is 4.22. The van der Waals surface area contributed by atoms with Gasteiger partial charge < -0.3 is 10.1 Å². The second-order valence-electron chi connectivity index (χ2n) is 5.94. The quantitative estimate of drug-likeness (QED) is 0.840. The number of esters is 1. The molecule has 1 heterocycles. The molecule has 1 aromatic carbocycles. The number of carbonyl (C=O) groups excluding carboxylic acids is 1. The highest BCUT2D eigenvalue weighted by Gasteiger charge is 2.54. The Morgan fingerprint density at radius 1 is 1.38 bits per heavy atom. The molecule has 2 rings (SSSR count). The first-order valence-corrected chi connectivity index (χ1v) is 8.73. The van der Waals surface area contributed by atoms with Crippen molar-refractivity contribution < 1.29 is 9.53 Å². The molecule has 1 aliphatic rings. The third kappa shape index (κ3) is 3.32. The van der Waals surface area contributed by atoms with E-state index >= 15 is 0 Å². The molecular formula is C16H22ClNO2S. The van der Waals surface area contributed by atoms with Gasteiger partial charge in [0, 0.05) is 21.9 Å². The minimum atomic E-state index is -0.709. The van der Waals surface area contributed by atoms with Crippen LogP contribution in [0.5, 0.6) is 0 Å². The summed E-state index contributed by atoms with van der Waals surface area (Å²) in [5.74, 6) is 1.61. The number of carbonyl (C=O) groups is 1. The molecule has 1 atom stereocenters. The van der Waals surface area contributed by atoms with Gasteiger partial charge in [-0.2, -0.15) is 11.8 Å². The summed E-state index contributed by atoms with van der Waals surface area (Å²) in [7, 11) is 0. The molecule has 1 unspecified atom stereocenters. The summed E-state index contributed by atoms with van der Waals surface area (Å²) < 4.78 is 5.38. The van der Waals surface area contributed by atoms with Crippen molar-refractivity contribution in [3.8, 4) is 0 Å². The Kier molecular flexibility index (Phi) is 5.10. The fourth-order valence-corrected chi connectivity index (χ4v) is 4.40. The van der Waals surface area contributed by atoms with Gasteiger partial charge in [0.2, 0.25) is 0 Å². The van der Waals surface area contributed by atoms with Gasteiger partial charge in [0.15, 0.2) is 0 Å². The van der Waals surface area contributed by atoms with Gasteiger partial charge in [0.1, 0.15) is 5.54 Å². The standard InChI is InChI=1S/C16H22ClNO2S/c1-4-20-14(19)16(11-21-10-9-15(16,2)3)18-13-7-5-12(17)6-8-13/h5-8,18H,4,9-11H2,1-3H3. The molecule has 1 N–H and O–H groups in total. The Morgan fingerprint density at radius 3 is 2.62 bits per heavy atom. The summed E-state index contributed by atoms with van der Waals surface area (Å²) in [5, 5.41) is 4.13. The lowest BCUT2D eigenvalue weighted by molar-refractivity contribution is -0.152. The zero-order chi connectivity index (χ0) is 15.5.